The van der Waals surface area contributed by atoms with Crippen LogP contribution in [0.3, 0.4) is 0 Å². The fourth-order valence-corrected chi connectivity index (χ4v) is 8.33. The van der Waals surface area contributed by atoms with E-state index in [2.05, 4.69) is 26.6 Å². The van der Waals surface area contributed by atoms with Gasteiger partial charge in [-0.1, -0.05) is 53.2 Å². The second-order valence-electron chi connectivity index (χ2n) is 12.4. The molecule has 0 unspecified atom stereocenters. The maximum absolute atomic E-state index is 13.7. The Balaban J connectivity index is 0.00000378. The summed E-state index contributed by atoms with van der Waals surface area (Å²) in [5, 5.41) is 24.0. The van der Waals surface area contributed by atoms with Crippen LogP contribution in [0.2, 0.25) is 0 Å². The van der Waals surface area contributed by atoms with E-state index in [4.69, 9.17) is 5.11 Å². The van der Waals surface area contributed by atoms with Gasteiger partial charge in [-0.05, 0) is 110 Å². The fraction of sp³-hybridized carbons (Fsp3) is 0.263. The normalized spacial score (nSPS) is 15.4. The Bertz CT molecular complexity index is 2050. The van der Waals surface area contributed by atoms with Crippen LogP contribution in [0.1, 0.15) is 77.7 Å². The van der Waals surface area contributed by atoms with E-state index in [0.717, 1.165) is 17.5 Å². The van der Waals surface area contributed by atoms with Crippen LogP contribution in [0.15, 0.2) is 100 Å². The molecule has 270 valence electrons. The molecule has 5 rings (SSSR count). The predicted molar refractivity (Wildman–Crippen MR) is 199 cm³/mol. The third-order valence-corrected chi connectivity index (χ3v) is 11.6. The zero-order valence-corrected chi connectivity index (χ0v) is 38.5. The van der Waals surface area contributed by atoms with Gasteiger partial charge in [0.2, 0.25) is 10.0 Å². The molecule has 0 radical (unpaired) electrons. The minimum Gasteiger partial charge on any atom is -1.00 e. The quantitative estimate of drug-likeness (QED) is 0.146. The van der Waals surface area contributed by atoms with E-state index in [0.29, 0.717) is 42.3 Å². The minimum atomic E-state index is -3.99. The van der Waals surface area contributed by atoms with Crippen molar-refractivity contribution in [2.24, 2.45) is 5.92 Å². The van der Waals surface area contributed by atoms with Crippen molar-refractivity contribution in [1.82, 2.24) is 4.31 Å². The van der Waals surface area contributed by atoms with Gasteiger partial charge in [0.25, 0.3) is 11.8 Å². The van der Waals surface area contributed by atoms with E-state index in [9.17, 15) is 32.7 Å². The number of rotatable bonds is 13. The number of nitrogens with zero attached hydrogens (tertiary/aromatic N) is 1. The number of halogens is 1. The fourth-order valence-electron chi connectivity index (χ4n) is 6.23. The maximum Gasteiger partial charge on any atom is 1.00 e. The van der Waals surface area contributed by atoms with Gasteiger partial charge >= 0.3 is 115 Å². The number of aryl methyl sites for hydroxylation is 2. The summed E-state index contributed by atoms with van der Waals surface area (Å²) in [5.74, 6) is -3.38. The number of nitrogens with one attached hydrogen (secondary N) is 2. The molecular formula is C38H40BrK2N3O8S. The van der Waals surface area contributed by atoms with Gasteiger partial charge in [0, 0.05) is 28.3 Å². The number of hydrogen-bond acceptors (Lipinski definition) is 6. The van der Waals surface area contributed by atoms with Gasteiger partial charge in [0.05, 0.1) is 27.6 Å². The molecule has 0 spiro atoms. The summed E-state index contributed by atoms with van der Waals surface area (Å²) in [6.45, 7) is 1.93. The number of carboxylic acid groups (broad SMARTS) is 2. The molecule has 1 fully saturated rings. The van der Waals surface area contributed by atoms with E-state index in [-0.39, 0.29) is 145 Å². The molecular weight excluding hydrogens is 817 g/mol. The summed E-state index contributed by atoms with van der Waals surface area (Å²) in [7, 11) is -3.99. The van der Waals surface area contributed by atoms with Gasteiger partial charge < -0.3 is 23.7 Å². The molecule has 0 aromatic heterocycles. The molecule has 53 heavy (non-hydrogen) atoms. The number of carbonyl (C=O) groups is 4. The Morgan fingerprint density at radius 1 is 0.774 bits per heavy atom. The van der Waals surface area contributed by atoms with Crippen LogP contribution >= 0.6 is 15.9 Å². The third kappa shape index (κ3) is 12.2. The van der Waals surface area contributed by atoms with Crippen LogP contribution < -0.4 is 113 Å². The van der Waals surface area contributed by atoms with Crippen LogP contribution in [0.25, 0.3) is 0 Å². The third-order valence-electron chi connectivity index (χ3n) is 9.06. The van der Waals surface area contributed by atoms with Crippen molar-refractivity contribution in [3.05, 3.63) is 123 Å². The summed E-state index contributed by atoms with van der Waals surface area (Å²) < 4.78 is 29.4. The molecule has 0 saturated heterocycles. The molecule has 1 aliphatic carbocycles. The zero-order valence-electron chi connectivity index (χ0n) is 31.8. The molecule has 15 heteroatoms. The van der Waals surface area contributed by atoms with E-state index in [1.807, 2.05) is 12.1 Å². The van der Waals surface area contributed by atoms with Crippen molar-refractivity contribution < 1.29 is 143 Å². The molecule has 1 aliphatic rings. The minimum absolute atomic E-state index is 0. The molecule has 0 atom stereocenters. The first-order chi connectivity index (χ1) is 24.3. The summed E-state index contributed by atoms with van der Waals surface area (Å²) in [4.78, 5) is 49.3. The Kier molecular flexibility index (Phi) is 18.2. The standard InChI is InChI=1S/C38H38BrN3O8S.2K.2H/c1-2-42(31-19-14-27(15-20-31)38(47)48)51(49,50)32-5-3-4-28(22-32)35(43)41-34-21-16-29(39)23-33(34)36(44)40-30-17-10-25(11-18-30)7-6-24-8-12-26(13-9-24)37(45)46;;;;/h3-5,8-13,16-18,21-23,27,31H,2,6-7,14-15,19-20H2,1H3,(H,40,44)(H,41,43)(H,45,46)(H,47,48);;;;/q;2*+1;2*-1. The van der Waals surface area contributed by atoms with Crippen LogP contribution in [0, 0.1) is 5.92 Å². The molecule has 0 heterocycles. The van der Waals surface area contributed by atoms with Crippen molar-refractivity contribution >= 4 is 61.1 Å². The van der Waals surface area contributed by atoms with Gasteiger partial charge in [-0.3, -0.25) is 14.4 Å². The van der Waals surface area contributed by atoms with E-state index in [1.54, 1.807) is 61.5 Å². The topological polar surface area (TPSA) is 170 Å². The van der Waals surface area contributed by atoms with E-state index in [1.165, 1.54) is 28.6 Å². The van der Waals surface area contributed by atoms with Gasteiger partial charge in [-0.25, -0.2) is 13.2 Å². The number of aliphatic carboxylic acids is 1. The monoisotopic (exact) mass is 855 g/mol. The second kappa shape index (κ2) is 21.1. The van der Waals surface area contributed by atoms with Crippen LogP contribution in [0.5, 0.6) is 0 Å². The summed E-state index contributed by atoms with van der Waals surface area (Å²) in [5.41, 5.74) is 3.32. The predicted octanol–water partition coefficient (Wildman–Crippen LogP) is 1.32. The molecule has 11 nitrogen and oxygen atoms in total. The smallest absolute Gasteiger partial charge is 1.00 e. The number of anilines is 2. The van der Waals surface area contributed by atoms with Crippen molar-refractivity contribution in [2.75, 3.05) is 17.2 Å². The van der Waals surface area contributed by atoms with E-state index < -0.39 is 39.7 Å². The molecule has 2 amide bonds. The Labute approximate surface area is 405 Å². The first-order valence-corrected chi connectivity index (χ1v) is 18.8. The van der Waals surface area contributed by atoms with Crippen molar-refractivity contribution in [3.63, 3.8) is 0 Å². The van der Waals surface area contributed by atoms with E-state index >= 15 is 0 Å². The number of sulfonamides is 1. The second-order valence-corrected chi connectivity index (χ2v) is 15.2. The van der Waals surface area contributed by atoms with Crippen LogP contribution in [0.4, 0.5) is 11.4 Å². The Hall–Kier alpha value is -1.58. The number of amides is 2. The number of hydrogen-bond donors (Lipinski definition) is 4. The number of carboxylic acids is 2. The molecule has 0 aliphatic heterocycles. The van der Waals surface area contributed by atoms with Crippen molar-refractivity contribution in [2.45, 2.75) is 56.4 Å². The largest absolute Gasteiger partial charge is 1.00 e. The van der Waals surface area contributed by atoms with Gasteiger partial charge in [0.15, 0.2) is 0 Å². The number of aromatic carboxylic acids is 1. The first-order valence-electron chi connectivity index (χ1n) is 16.5. The maximum atomic E-state index is 13.7. The van der Waals surface area contributed by atoms with Gasteiger partial charge in [-0.2, -0.15) is 4.31 Å². The van der Waals surface area contributed by atoms with Crippen LogP contribution in [-0.4, -0.2) is 59.3 Å². The average Bonchev–Trinajstić information content (AvgIpc) is 3.12. The van der Waals surface area contributed by atoms with Crippen LogP contribution in [-0.2, 0) is 27.7 Å². The van der Waals surface area contributed by atoms with Crippen molar-refractivity contribution in [3.8, 4) is 0 Å². The zero-order chi connectivity index (χ0) is 36.7. The summed E-state index contributed by atoms with van der Waals surface area (Å²) in [6, 6.07) is 24.3. The summed E-state index contributed by atoms with van der Waals surface area (Å²) in [6.07, 6.45) is 3.11. The molecule has 4 N–H and O–H groups in total. The molecule has 0 bridgehead atoms. The SMILES string of the molecule is CCN(C1CCC(C(=O)O)CC1)S(=O)(=O)c1cccc(C(=O)Nc2ccc(Br)cc2C(=O)Nc2ccc(CCc3ccc(C(=O)O)cc3)cc2)c1.[H-].[H-].[K+].[K+]. The van der Waals surface area contributed by atoms with Gasteiger partial charge in [-0.15, -0.1) is 0 Å². The first kappa shape index (κ1) is 45.8. The molecule has 1 saturated carbocycles. The Morgan fingerprint density at radius 3 is 1.94 bits per heavy atom. The Morgan fingerprint density at radius 2 is 1.38 bits per heavy atom. The number of carbonyl (C=O) groups excluding carboxylic acids is 2. The number of benzene rings is 4. The summed E-state index contributed by atoms with van der Waals surface area (Å²) >= 11 is 3.39. The van der Waals surface area contributed by atoms with Crippen molar-refractivity contribution in [1.29, 1.82) is 0 Å². The van der Waals surface area contributed by atoms with Gasteiger partial charge in [0.1, 0.15) is 0 Å². The molecule has 4 aromatic carbocycles. The molecule has 4 aromatic rings. The average molecular weight is 857 g/mol.